The SMILES string of the molecule is Cc1cnc(NS(=O)(=O)c2ccc3c(c2)CCC(=O)N3C)s1. The molecule has 1 amide bonds. The molecule has 1 aliphatic rings. The molecule has 8 heteroatoms. The average molecular weight is 337 g/mol. The van der Waals surface area contributed by atoms with Crippen LogP contribution in [0.25, 0.3) is 0 Å². The monoisotopic (exact) mass is 337 g/mol. The van der Waals surface area contributed by atoms with Crippen molar-refractivity contribution in [3.8, 4) is 0 Å². The molecule has 1 aliphatic heterocycles. The summed E-state index contributed by atoms with van der Waals surface area (Å²) in [4.78, 5) is 18.4. The zero-order valence-electron chi connectivity index (χ0n) is 12.2. The number of fused-ring (bicyclic) bond motifs is 1. The zero-order valence-corrected chi connectivity index (χ0v) is 13.8. The van der Waals surface area contributed by atoms with Crippen molar-refractivity contribution >= 4 is 38.1 Å². The number of rotatable bonds is 3. The average Bonchev–Trinajstić information content (AvgIpc) is 2.87. The largest absolute Gasteiger partial charge is 0.315 e. The van der Waals surface area contributed by atoms with E-state index < -0.39 is 10.0 Å². The van der Waals surface area contributed by atoms with E-state index >= 15 is 0 Å². The van der Waals surface area contributed by atoms with Gasteiger partial charge in [0.1, 0.15) is 0 Å². The van der Waals surface area contributed by atoms with Gasteiger partial charge < -0.3 is 4.90 Å². The maximum atomic E-state index is 12.4. The van der Waals surface area contributed by atoms with Crippen molar-refractivity contribution in [2.75, 3.05) is 16.7 Å². The summed E-state index contributed by atoms with van der Waals surface area (Å²) >= 11 is 1.28. The second-order valence-corrected chi connectivity index (χ2v) is 8.04. The number of aryl methyl sites for hydroxylation is 2. The van der Waals surface area contributed by atoms with E-state index in [1.807, 2.05) is 6.92 Å². The summed E-state index contributed by atoms with van der Waals surface area (Å²) in [5.74, 6) is 0.0412. The molecule has 0 spiro atoms. The van der Waals surface area contributed by atoms with Crippen LogP contribution >= 0.6 is 11.3 Å². The van der Waals surface area contributed by atoms with Gasteiger partial charge in [-0.15, -0.1) is 11.3 Å². The minimum absolute atomic E-state index is 0.0412. The van der Waals surface area contributed by atoms with Gasteiger partial charge in [-0.1, -0.05) is 0 Å². The number of carbonyl (C=O) groups excluding carboxylic acids is 1. The minimum Gasteiger partial charge on any atom is -0.315 e. The van der Waals surface area contributed by atoms with Gasteiger partial charge in [-0.2, -0.15) is 0 Å². The van der Waals surface area contributed by atoms with Gasteiger partial charge in [-0.25, -0.2) is 13.4 Å². The molecule has 1 N–H and O–H groups in total. The van der Waals surface area contributed by atoms with Crippen LogP contribution in [0, 0.1) is 6.92 Å². The van der Waals surface area contributed by atoms with Crippen molar-refractivity contribution in [3.63, 3.8) is 0 Å². The van der Waals surface area contributed by atoms with Gasteiger partial charge in [0.15, 0.2) is 5.13 Å². The third kappa shape index (κ3) is 2.71. The molecule has 0 atom stereocenters. The molecule has 0 saturated carbocycles. The fourth-order valence-electron chi connectivity index (χ4n) is 2.38. The number of nitrogens with one attached hydrogen (secondary N) is 1. The number of carbonyl (C=O) groups is 1. The predicted octanol–water partition coefficient (Wildman–Crippen LogP) is 2.16. The van der Waals surface area contributed by atoms with Crippen molar-refractivity contribution in [3.05, 3.63) is 34.8 Å². The molecule has 1 aromatic heterocycles. The van der Waals surface area contributed by atoms with Crippen LogP contribution in [0.4, 0.5) is 10.8 Å². The molecule has 0 bridgehead atoms. The second kappa shape index (κ2) is 5.36. The van der Waals surface area contributed by atoms with E-state index in [1.165, 1.54) is 17.4 Å². The summed E-state index contributed by atoms with van der Waals surface area (Å²) in [5, 5.41) is 0.350. The predicted molar refractivity (Wildman–Crippen MR) is 85.8 cm³/mol. The molecule has 0 radical (unpaired) electrons. The number of hydrogen-bond acceptors (Lipinski definition) is 5. The number of benzene rings is 1. The highest BCUT2D eigenvalue weighted by atomic mass is 32.2. The summed E-state index contributed by atoms with van der Waals surface area (Å²) in [5.41, 5.74) is 1.63. The first kappa shape index (κ1) is 15.0. The first-order chi connectivity index (χ1) is 10.4. The van der Waals surface area contributed by atoms with Gasteiger partial charge in [-0.3, -0.25) is 9.52 Å². The molecule has 116 valence electrons. The van der Waals surface area contributed by atoms with Gasteiger partial charge >= 0.3 is 0 Å². The molecule has 0 saturated heterocycles. The molecule has 0 fully saturated rings. The maximum absolute atomic E-state index is 12.4. The summed E-state index contributed by atoms with van der Waals surface area (Å²) in [7, 11) is -1.97. The van der Waals surface area contributed by atoms with E-state index in [9.17, 15) is 13.2 Å². The highest BCUT2D eigenvalue weighted by molar-refractivity contribution is 7.93. The zero-order chi connectivity index (χ0) is 15.9. The number of thiazole rings is 1. The first-order valence-corrected chi connectivity index (χ1v) is 9.01. The molecule has 0 unspecified atom stereocenters. The third-order valence-electron chi connectivity index (χ3n) is 3.55. The van der Waals surface area contributed by atoms with Crippen LogP contribution < -0.4 is 9.62 Å². The van der Waals surface area contributed by atoms with Gasteiger partial charge in [-0.05, 0) is 37.1 Å². The minimum atomic E-state index is -3.67. The van der Waals surface area contributed by atoms with Crippen molar-refractivity contribution < 1.29 is 13.2 Å². The van der Waals surface area contributed by atoms with E-state index in [4.69, 9.17) is 0 Å². The van der Waals surface area contributed by atoms with Crippen LogP contribution in [0.15, 0.2) is 29.3 Å². The Morgan fingerprint density at radius 1 is 1.32 bits per heavy atom. The molecular weight excluding hydrogens is 322 g/mol. The van der Waals surface area contributed by atoms with Crippen molar-refractivity contribution in [2.24, 2.45) is 0 Å². The Hall–Kier alpha value is -1.93. The second-order valence-electron chi connectivity index (χ2n) is 5.12. The Balaban J connectivity index is 1.93. The first-order valence-electron chi connectivity index (χ1n) is 6.71. The number of anilines is 2. The van der Waals surface area contributed by atoms with Gasteiger partial charge in [0.05, 0.1) is 4.90 Å². The lowest BCUT2D eigenvalue weighted by molar-refractivity contribution is -0.118. The molecular formula is C14H15N3O3S2. The van der Waals surface area contributed by atoms with Crippen molar-refractivity contribution in [2.45, 2.75) is 24.7 Å². The van der Waals surface area contributed by atoms with Crippen molar-refractivity contribution in [1.82, 2.24) is 4.98 Å². The lowest BCUT2D eigenvalue weighted by Gasteiger charge is -2.26. The standard InChI is InChI=1S/C14H15N3O3S2/c1-9-8-15-14(21-9)16-22(19,20)11-4-5-12-10(7-11)3-6-13(18)17(12)2/h4-5,7-8H,3,6H2,1-2H3,(H,15,16). The molecule has 1 aromatic carbocycles. The third-order valence-corrected chi connectivity index (χ3v) is 5.84. The smallest absolute Gasteiger partial charge is 0.263 e. The topological polar surface area (TPSA) is 79.4 Å². The lowest BCUT2D eigenvalue weighted by atomic mass is 10.0. The Morgan fingerprint density at radius 2 is 2.09 bits per heavy atom. The van der Waals surface area contributed by atoms with Crippen LogP contribution in [0.3, 0.4) is 0 Å². The van der Waals surface area contributed by atoms with E-state index in [0.29, 0.717) is 18.0 Å². The maximum Gasteiger partial charge on any atom is 0.263 e. The number of hydrogen-bond donors (Lipinski definition) is 1. The Labute approximate surface area is 132 Å². The number of sulfonamides is 1. The van der Waals surface area contributed by atoms with Gasteiger partial charge in [0.2, 0.25) is 5.91 Å². The van der Waals surface area contributed by atoms with Crippen LogP contribution in [-0.2, 0) is 21.2 Å². The molecule has 2 aromatic rings. The quantitative estimate of drug-likeness (QED) is 0.931. The molecule has 2 heterocycles. The van der Waals surface area contributed by atoms with Crippen LogP contribution in [-0.4, -0.2) is 26.4 Å². The fraction of sp³-hybridized carbons (Fsp3) is 0.286. The van der Waals surface area contributed by atoms with Crippen molar-refractivity contribution in [1.29, 1.82) is 0 Å². The van der Waals surface area contributed by atoms with Crippen LogP contribution in [0.2, 0.25) is 0 Å². The Morgan fingerprint density at radius 3 is 2.77 bits per heavy atom. The molecule has 6 nitrogen and oxygen atoms in total. The van der Waals surface area contributed by atoms with E-state index in [0.717, 1.165) is 16.1 Å². The number of nitrogens with zero attached hydrogens (tertiary/aromatic N) is 2. The van der Waals surface area contributed by atoms with Crippen LogP contribution in [0.5, 0.6) is 0 Å². The molecule has 0 aliphatic carbocycles. The number of aromatic nitrogens is 1. The van der Waals surface area contributed by atoms with E-state index in [-0.39, 0.29) is 10.8 Å². The summed E-state index contributed by atoms with van der Waals surface area (Å²) in [6, 6.07) is 4.81. The van der Waals surface area contributed by atoms with E-state index in [2.05, 4.69) is 9.71 Å². The van der Waals surface area contributed by atoms with Crippen LogP contribution in [0.1, 0.15) is 16.9 Å². The fourth-order valence-corrected chi connectivity index (χ4v) is 4.33. The summed E-state index contributed by atoms with van der Waals surface area (Å²) < 4.78 is 27.3. The van der Waals surface area contributed by atoms with E-state index in [1.54, 1.807) is 30.3 Å². The Kier molecular flexibility index (Phi) is 3.65. The Bertz CT molecular complexity index is 843. The molecule has 3 rings (SSSR count). The lowest BCUT2D eigenvalue weighted by Crippen LogP contribution is -2.31. The van der Waals surface area contributed by atoms with Gasteiger partial charge in [0.25, 0.3) is 10.0 Å². The normalized spacial score (nSPS) is 14.8. The molecule has 22 heavy (non-hydrogen) atoms. The highest BCUT2D eigenvalue weighted by Crippen LogP contribution is 2.30. The highest BCUT2D eigenvalue weighted by Gasteiger charge is 2.24. The summed E-state index contributed by atoms with van der Waals surface area (Å²) in [6.45, 7) is 1.86. The van der Waals surface area contributed by atoms with Gasteiger partial charge in [0, 0.05) is 30.2 Å². The number of amides is 1. The summed E-state index contributed by atoms with van der Waals surface area (Å²) in [6.07, 6.45) is 2.57.